The van der Waals surface area contributed by atoms with Crippen LogP contribution in [0.25, 0.3) is 0 Å². The minimum atomic E-state index is -0.620. The van der Waals surface area contributed by atoms with E-state index in [4.69, 9.17) is 28.4 Å². The Labute approximate surface area is 78.2 Å². The molecule has 0 radical (unpaired) electrons. The van der Waals surface area contributed by atoms with Gasteiger partial charge in [-0.2, -0.15) is 0 Å². The molecular formula is C7H4Cl2FNO. The summed E-state index contributed by atoms with van der Waals surface area (Å²) in [7, 11) is 0. The molecular weight excluding hydrogens is 204 g/mol. The third kappa shape index (κ3) is 1.87. The second kappa shape index (κ2) is 3.74. The fourth-order valence-corrected chi connectivity index (χ4v) is 1.02. The van der Waals surface area contributed by atoms with Crippen molar-refractivity contribution in [3.63, 3.8) is 0 Å². The molecule has 0 heterocycles. The summed E-state index contributed by atoms with van der Waals surface area (Å²) in [6.45, 7) is 0. The van der Waals surface area contributed by atoms with E-state index < -0.39 is 5.82 Å². The molecule has 0 fully saturated rings. The van der Waals surface area contributed by atoms with Gasteiger partial charge in [0.25, 0.3) is 0 Å². The summed E-state index contributed by atoms with van der Waals surface area (Å²) in [5.74, 6) is -0.620. The van der Waals surface area contributed by atoms with E-state index in [0.717, 1.165) is 6.07 Å². The molecule has 0 saturated heterocycles. The van der Waals surface area contributed by atoms with Gasteiger partial charge in [0.1, 0.15) is 5.82 Å². The third-order valence-electron chi connectivity index (χ3n) is 1.24. The Morgan fingerprint density at radius 3 is 2.67 bits per heavy atom. The molecule has 0 aliphatic rings. The van der Waals surface area contributed by atoms with E-state index in [2.05, 4.69) is 5.16 Å². The lowest BCUT2D eigenvalue weighted by atomic mass is 10.2. The Kier molecular flexibility index (Phi) is 2.89. The highest BCUT2D eigenvalue weighted by atomic mass is 35.5. The smallest absolute Gasteiger partial charge is 0.178 e. The fourth-order valence-electron chi connectivity index (χ4n) is 0.711. The average Bonchev–Trinajstić information content (AvgIpc) is 2.03. The Morgan fingerprint density at radius 1 is 1.50 bits per heavy atom. The van der Waals surface area contributed by atoms with Crippen LogP contribution in [0.2, 0.25) is 5.02 Å². The number of benzene rings is 1. The average molecular weight is 208 g/mol. The summed E-state index contributed by atoms with van der Waals surface area (Å²) in [4.78, 5) is 0. The van der Waals surface area contributed by atoms with Crippen LogP contribution in [0.15, 0.2) is 23.4 Å². The van der Waals surface area contributed by atoms with Crippen molar-refractivity contribution in [2.24, 2.45) is 5.16 Å². The summed E-state index contributed by atoms with van der Waals surface area (Å²) < 4.78 is 12.9. The van der Waals surface area contributed by atoms with Crippen molar-refractivity contribution in [2.75, 3.05) is 0 Å². The minimum absolute atomic E-state index is 0.0172. The lowest BCUT2D eigenvalue weighted by molar-refractivity contribution is 0.320. The maximum Gasteiger partial charge on any atom is 0.178 e. The van der Waals surface area contributed by atoms with E-state index in [0.29, 0.717) is 0 Å². The van der Waals surface area contributed by atoms with Crippen LogP contribution in [0, 0.1) is 5.82 Å². The largest absolute Gasteiger partial charge is 0.410 e. The lowest BCUT2D eigenvalue weighted by Crippen LogP contribution is -1.95. The van der Waals surface area contributed by atoms with E-state index in [1.165, 1.54) is 12.1 Å². The molecule has 1 N–H and O–H groups in total. The maximum absolute atomic E-state index is 12.9. The predicted octanol–water partition coefficient (Wildman–Crippen LogP) is 2.85. The van der Waals surface area contributed by atoms with Crippen molar-refractivity contribution >= 4 is 28.4 Å². The van der Waals surface area contributed by atoms with Crippen molar-refractivity contribution in [3.8, 4) is 0 Å². The Morgan fingerprint density at radius 2 is 2.17 bits per heavy atom. The van der Waals surface area contributed by atoms with Gasteiger partial charge in [0.15, 0.2) is 5.17 Å². The molecule has 0 atom stereocenters. The van der Waals surface area contributed by atoms with Gasteiger partial charge >= 0.3 is 0 Å². The molecule has 5 heteroatoms. The zero-order valence-electron chi connectivity index (χ0n) is 5.76. The van der Waals surface area contributed by atoms with Crippen LogP contribution in [0.4, 0.5) is 4.39 Å². The molecule has 0 saturated carbocycles. The molecule has 64 valence electrons. The van der Waals surface area contributed by atoms with E-state index in [1.54, 1.807) is 0 Å². The van der Waals surface area contributed by atoms with Crippen LogP contribution < -0.4 is 0 Å². The summed E-state index contributed by atoms with van der Waals surface area (Å²) in [5.41, 5.74) is 0.0172. The Bertz CT molecular complexity index is 327. The van der Waals surface area contributed by atoms with Crippen LogP contribution in [-0.4, -0.2) is 10.4 Å². The van der Waals surface area contributed by atoms with Gasteiger partial charge in [0, 0.05) is 5.02 Å². The van der Waals surface area contributed by atoms with E-state index in [9.17, 15) is 4.39 Å². The zero-order chi connectivity index (χ0) is 9.14. The molecule has 12 heavy (non-hydrogen) atoms. The maximum atomic E-state index is 12.9. The van der Waals surface area contributed by atoms with Crippen molar-refractivity contribution in [2.45, 2.75) is 0 Å². The molecule has 1 aromatic rings. The third-order valence-corrected chi connectivity index (χ3v) is 1.76. The SMILES string of the molecule is O/N=C(\Cl)c1ccc(Cl)cc1F. The Balaban J connectivity index is 3.18. The zero-order valence-corrected chi connectivity index (χ0v) is 7.27. The molecule has 1 rings (SSSR count). The molecule has 0 amide bonds. The highest BCUT2D eigenvalue weighted by Crippen LogP contribution is 2.16. The first-order valence-corrected chi connectivity index (χ1v) is 3.73. The first-order chi connectivity index (χ1) is 5.65. The number of halogens is 3. The number of oxime groups is 1. The van der Waals surface area contributed by atoms with Crippen molar-refractivity contribution in [3.05, 3.63) is 34.6 Å². The normalized spacial score (nSPS) is 11.8. The van der Waals surface area contributed by atoms with Crippen LogP contribution in [-0.2, 0) is 0 Å². The standard InChI is InChI=1S/C7H4Cl2FNO/c8-4-1-2-5(6(10)3-4)7(9)11-12/h1-3,12H/b11-7-. The number of hydrogen-bond donors (Lipinski definition) is 1. The van der Waals surface area contributed by atoms with Gasteiger partial charge < -0.3 is 5.21 Å². The van der Waals surface area contributed by atoms with E-state index in [-0.39, 0.29) is 15.8 Å². The molecule has 2 nitrogen and oxygen atoms in total. The Hall–Kier alpha value is -0.800. The van der Waals surface area contributed by atoms with Crippen LogP contribution in [0.5, 0.6) is 0 Å². The summed E-state index contributed by atoms with van der Waals surface area (Å²) in [5, 5.41) is 10.8. The fraction of sp³-hybridized carbons (Fsp3) is 0. The number of rotatable bonds is 1. The van der Waals surface area contributed by atoms with Gasteiger partial charge in [-0.25, -0.2) is 4.39 Å². The topological polar surface area (TPSA) is 32.6 Å². The summed E-state index contributed by atoms with van der Waals surface area (Å²) >= 11 is 10.8. The summed E-state index contributed by atoms with van der Waals surface area (Å²) in [6, 6.07) is 3.87. The molecule has 0 aliphatic heterocycles. The van der Waals surface area contributed by atoms with Gasteiger partial charge in [0.05, 0.1) is 5.56 Å². The van der Waals surface area contributed by atoms with E-state index >= 15 is 0 Å². The molecule has 0 aliphatic carbocycles. The quantitative estimate of drug-likeness (QED) is 0.429. The highest BCUT2D eigenvalue weighted by Gasteiger charge is 2.07. The lowest BCUT2D eigenvalue weighted by Gasteiger charge is -1.98. The second-order valence-corrected chi connectivity index (χ2v) is 2.81. The number of hydrogen-bond acceptors (Lipinski definition) is 2. The molecule has 0 spiro atoms. The summed E-state index contributed by atoms with van der Waals surface area (Å²) in [6.07, 6.45) is 0. The monoisotopic (exact) mass is 207 g/mol. The number of nitrogens with zero attached hydrogens (tertiary/aromatic N) is 1. The van der Waals surface area contributed by atoms with Gasteiger partial charge in [-0.15, -0.1) is 0 Å². The molecule has 0 unspecified atom stereocenters. The van der Waals surface area contributed by atoms with Crippen molar-refractivity contribution in [1.82, 2.24) is 0 Å². The van der Waals surface area contributed by atoms with Gasteiger partial charge in [-0.3, -0.25) is 0 Å². The van der Waals surface area contributed by atoms with E-state index in [1.807, 2.05) is 0 Å². The van der Waals surface area contributed by atoms with Crippen LogP contribution in [0.3, 0.4) is 0 Å². The van der Waals surface area contributed by atoms with Gasteiger partial charge in [0.2, 0.25) is 0 Å². The second-order valence-electron chi connectivity index (χ2n) is 2.01. The molecule has 1 aromatic carbocycles. The highest BCUT2D eigenvalue weighted by molar-refractivity contribution is 6.69. The van der Waals surface area contributed by atoms with Crippen LogP contribution in [0.1, 0.15) is 5.56 Å². The molecule has 0 bridgehead atoms. The minimum Gasteiger partial charge on any atom is -0.410 e. The van der Waals surface area contributed by atoms with Gasteiger partial charge in [-0.1, -0.05) is 28.4 Å². The first-order valence-electron chi connectivity index (χ1n) is 2.98. The van der Waals surface area contributed by atoms with Crippen molar-refractivity contribution < 1.29 is 9.60 Å². The van der Waals surface area contributed by atoms with Crippen LogP contribution >= 0.6 is 23.2 Å². The van der Waals surface area contributed by atoms with Crippen molar-refractivity contribution in [1.29, 1.82) is 0 Å². The molecule has 0 aromatic heterocycles. The van der Waals surface area contributed by atoms with Gasteiger partial charge in [-0.05, 0) is 18.2 Å². The first kappa shape index (κ1) is 9.29. The predicted molar refractivity (Wildman–Crippen MR) is 45.6 cm³/mol.